The van der Waals surface area contributed by atoms with Gasteiger partial charge in [-0.2, -0.15) is 4.39 Å². The lowest BCUT2D eigenvalue weighted by Gasteiger charge is -2.28. The van der Waals surface area contributed by atoms with Crippen molar-refractivity contribution in [2.75, 3.05) is 7.11 Å². The molecule has 0 radical (unpaired) electrons. The van der Waals surface area contributed by atoms with Crippen molar-refractivity contribution in [2.45, 2.75) is 37.9 Å². The minimum atomic E-state index is -0.874. The quantitative estimate of drug-likeness (QED) is 0.622. The molecule has 1 aromatic carbocycles. The van der Waals surface area contributed by atoms with Gasteiger partial charge in [-0.25, -0.2) is 0 Å². The predicted octanol–water partition coefficient (Wildman–Crippen LogP) is 3.07. The molecule has 0 heterocycles. The first-order chi connectivity index (χ1) is 9.10. The molecule has 104 valence electrons. The van der Waals surface area contributed by atoms with Gasteiger partial charge in [0.25, 0.3) is 0 Å². The maximum absolute atomic E-state index is 13.5. The maximum atomic E-state index is 13.5. The highest BCUT2D eigenvalue weighted by Gasteiger charge is 2.24. The number of hydrogen-bond acceptors (Lipinski definition) is 4. The van der Waals surface area contributed by atoms with E-state index in [2.05, 4.69) is 0 Å². The molecule has 6 heteroatoms. The van der Waals surface area contributed by atoms with Crippen LogP contribution in [0.3, 0.4) is 0 Å². The zero-order valence-corrected chi connectivity index (χ0v) is 10.7. The summed E-state index contributed by atoms with van der Waals surface area (Å²) in [7, 11) is 1.67. The van der Waals surface area contributed by atoms with Crippen LogP contribution in [-0.2, 0) is 4.74 Å². The van der Waals surface area contributed by atoms with Gasteiger partial charge in [-0.15, -0.1) is 0 Å². The van der Waals surface area contributed by atoms with Gasteiger partial charge in [-0.3, -0.25) is 10.1 Å². The molecule has 1 aliphatic rings. The highest BCUT2D eigenvalue weighted by atomic mass is 19.1. The van der Waals surface area contributed by atoms with E-state index >= 15 is 0 Å². The van der Waals surface area contributed by atoms with Crippen molar-refractivity contribution in [1.82, 2.24) is 0 Å². The number of nitro groups is 1. The minimum Gasteiger partial charge on any atom is -0.490 e. The lowest BCUT2D eigenvalue weighted by atomic mass is 9.95. The molecule has 19 heavy (non-hydrogen) atoms. The van der Waals surface area contributed by atoms with Crippen LogP contribution in [-0.4, -0.2) is 24.2 Å². The Morgan fingerprint density at radius 3 is 2.74 bits per heavy atom. The number of benzene rings is 1. The highest BCUT2D eigenvalue weighted by Crippen LogP contribution is 2.27. The molecule has 0 amide bonds. The van der Waals surface area contributed by atoms with Gasteiger partial charge < -0.3 is 9.47 Å². The first kappa shape index (κ1) is 13.7. The van der Waals surface area contributed by atoms with Gasteiger partial charge in [0.2, 0.25) is 5.82 Å². The number of nitro benzene ring substituents is 1. The topological polar surface area (TPSA) is 61.6 Å². The summed E-state index contributed by atoms with van der Waals surface area (Å²) in [5, 5.41) is 10.5. The van der Waals surface area contributed by atoms with E-state index in [0.29, 0.717) is 5.75 Å². The average Bonchev–Trinajstić information content (AvgIpc) is 2.38. The molecule has 1 aromatic rings. The van der Waals surface area contributed by atoms with E-state index in [1.54, 1.807) is 7.11 Å². The third kappa shape index (κ3) is 3.41. The van der Waals surface area contributed by atoms with Crippen molar-refractivity contribution in [3.8, 4) is 5.75 Å². The fourth-order valence-electron chi connectivity index (χ4n) is 2.32. The van der Waals surface area contributed by atoms with Crippen LogP contribution in [0.2, 0.25) is 0 Å². The summed E-state index contributed by atoms with van der Waals surface area (Å²) in [6.45, 7) is 0. The zero-order valence-electron chi connectivity index (χ0n) is 10.7. The molecule has 0 spiro atoms. The zero-order chi connectivity index (χ0) is 13.8. The summed E-state index contributed by atoms with van der Waals surface area (Å²) in [5.41, 5.74) is -0.536. The number of halogens is 1. The van der Waals surface area contributed by atoms with Crippen molar-refractivity contribution in [3.05, 3.63) is 34.1 Å². The largest absolute Gasteiger partial charge is 0.490 e. The lowest BCUT2D eigenvalue weighted by molar-refractivity contribution is -0.387. The normalized spacial score (nSPS) is 23.1. The lowest BCUT2D eigenvalue weighted by Crippen LogP contribution is -2.29. The minimum absolute atomic E-state index is 0.0282. The SMILES string of the molecule is COC1CCCC(Oc2ccc([N+](=O)[O-])c(F)c2)C1. The Hall–Kier alpha value is -1.69. The van der Waals surface area contributed by atoms with Crippen molar-refractivity contribution < 1.29 is 18.8 Å². The number of ether oxygens (including phenoxy) is 2. The number of rotatable bonds is 4. The summed E-state index contributed by atoms with van der Waals surface area (Å²) >= 11 is 0. The monoisotopic (exact) mass is 269 g/mol. The Balaban J connectivity index is 2.03. The molecule has 2 rings (SSSR count). The van der Waals surface area contributed by atoms with Crippen molar-refractivity contribution in [1.29, 1.82) is 0 Å². The van der Waals surface area contributed by atoms with Crippen LogP contribution in [0, 0.1) is 15.9 Å². The molecule has 2 unspecified atom stereocenters. The molecule has 2 atom stereocenters. The molecule has 0 N–H and O–H groups in total. The Morgan fingerprint density at radius 1 is 1.37 bits per heavy atom. The van der Waals surface area contributed by atoms with Crippen molar-refractivity contribution in [3.63, 3.8) is 0 Å². The van der Waals surface area contributed by atoms with E-state index in [4.69, 9.17) is 9.47 Å². The third-order valence-electron chi connectivity index (χ3n) is 3.33. The first-order valence-corrected chi connectivity index (χ1v) is 6.23. The van der Waals surface area contributed by atoms with E-state index in [1.165, 1.54) is 6.07 Å². The van der Waals surface area contributed by atoms with Crippen LogP contribution in [0.15, 0.2) is 18.2 Å². The smallest absolute Gasteiger partial charge is 0.305 e. The second-order valence-corrected chi connectivity index (χ2v) is 4.63. The van der Waals surface area contributed by atoms with Crippen LogP contribution in [0.25, 0.3) is 0 Å². The fraction of sp³-hybridized carbons (Fsp3) is 0.538. The van der Waals surface area contributed by atoms with E-state index in [1.807, 2.05) is 0 Å². The molecule has 1 saturated carbocycles. The standard InChI is InChI=1S/C13H16FNO4/c1-18-9-3-2-4-10(7-9)19-11-5-6-13(15(16)17)12(14)8-11/h5-6,8-10H,2-4,7H2,1H3. The van der Waals surface area contributed by atoms with Crippen LogP contribution in [0.4, 0.5) is 10.1 Å². The number of nitrogens with zero attached hydrogens (tertiary/aromatic N) is 1. The Bertz CT molecular complexity index is 466. The third-order valence-corrected chi connectivity index (χ3v) is 3.33. The highest BCUT2D eigenvalue weighted by molar-refractivity contribution is 5.38. The van der Waals surface area contributed by atoms with Gasteiger partial charge in [-0.1, -0.05) is 0 Å². The molecular weight excluding hydrogens is 253 g/mol. The Morgan fingerprint density at radius 2 is 2.11 bits per heavy atom. The van der Waals surface area contributed by atoms with E-state index in [0.717, 1.165) is 37.8 Å². The van der Waals surface area contributed by atoms with Crippen LogP contribution < -0.4 is 4.74 Å². The molecule has 0 saturated heterocycles. The average molecular weight is 269 g/mol. The fourth-order valence-corrected chi connectivity index (χ4v) is 2.32. The van der Waals surface area contributed by atoms with Gasteiger partial charge in [0.1, 0.15) is 11.9 Å². The molecule has 5 nitrogen and oxygen atoms in total. The van der Waals surface area contributed by atoms with Crippen LogP contribution in [0.1, 0.15) is 25.7 Å². The van der Waals surface area contributed by atoms with Crippen molar-refractivity contribution >= 4 is 5.69 Å². The van der Waals surface area contributed by atoms with Crippen LogP contribution >= 0.6 is 0 Å². The molecule has 0 aliphatic heterocycles. The maximum Gasteiger partial charge on any atom is 0.305 e. The van der Waals surface area contributed by atoms with Gasteiger partial charge in [0.05, 0.1) is 11.0 Å². The second-order valence-electron chi connectivity index (χ2n) is 4.63. The summed E-state index contributed by atoms with van der Waals surface area (Å²) in [6, 6.07) is 3.62. The van der Waals surface area contributed by atoms with Gasteiger partial charge in [0.15, 0.2) is 0 Å². The summed E-state index contributed by atoms with van der Waals surface area (Å²) in [5.74, 6) is -0.550. The van der Waals surface area contributed by atoms with E-state index < -0.39 is 16.4 Å². The Labute approximate surface area is 110 Å². The van der Waals surface area contributed by atoms with E-state index in [-0.39, 0.29) is 12.2 Å². The summed E-state index contributed by atoms with van der Waals surface area (Å²) < 4.78 is 24.4. The van der Waals surface area contributed by atoms with Gasteiger partial charge in [0, 0.05) is 25.7 Å². The summed E-state index contributed by atoms with van der Waals surface area (Å²) in [4.78, 5) is 9.76. The molecular formula is C13H16FNO4. The van der Waals surface area contributed by atoms with E-state index in [9.17, 15) is 14.5 Å². The molecule has 1 aliphatic carbocycles. The first-order valence-electron chi connectivity index (χ1n) is 6.23. The second kappa shape index (κ2) is 5.97. The molecule has 1 fully saturated rings. The molecule has 0 bridgehead atoms. The van der Waals surface area contributed by atoms with Crippen molar-refractivity contribution in [2.24, 2.45) is 0 Å². The number of hydrogen-bond donors (Lipinski definition) is 0. The summed E-state index contributed by atoms with van der Waals surface area (Å²) in [6.07, 6.45) is 3.79. The molecule has 0 aromatic heterocycles. The Kier molecular flexibility index (Phi) is 4.31. The predicted molar refractivity (Wildman–Crippen MR) is 66.7 cm³/mol. The van der Waals surface area contributed by atoms with Crippen LogP contribution in [0.5, 0.6) is 5.75 Å². The van der Waals surface area contributed by atoms with Gasteiger partial charge >= 0.3 is 5.69 Å². The number of methoxy groups -OCH3 is 1. The van der Waals surface area contributed by atoms with Gasteiger partial charge in [-0.05, 0) is 25.3 Å².